The number of rotatable bonds is 7. The van der Waals surface area contributed by atoms with E-state index >= 15 is 0 Å². The number of carbonyl (C=O) groups is 2. The first-order valence-electron chi connectivity index (χ1n) is 8.02. The first-order chi connectivity index (χ1) is 12.4. The molecular formula is C19H20ClNO5. The van der Waals surface area contributed by atoms with Gasteiger partial charge in [-0.1, -0.05) is 11.6 Å². The number of benzene rings is 2. The third-order valence-electron chi connectivity index (χ3n) is 3.46. The number of methoxy groups -OCH3 is 1. The highest BCUT2D eigenvalue weighted by molar-refractivity contribution is 6.30. The number of halogens is 1. The van der Waals surface area contributed by atoms with Crippen molar-refractivity contribution in [1.82, 2.24) is 0 Å². The molecule has 1 atom stereocenters. The third kappa shape index (κ3) is 5.13. The molecule has 0 heterocycles. The van der Waals surface area contributed by atoms with Crippen molar-refractivity contribution < 1.29 is 23.8 Å². The maximum atomic E-state index is 12.3. The molecule has 1 amide bonds. The van der Waals surface area contributed by atoms with Crippen LogP contribution >= 0.6 is 11.6 Å². The Balaban J connectivity index is 2.01. The smallest absolute Gasteiger partial charge is 0.339 e. The van der Waals surface area contributed by atoms with Crippen molar-refractivity contribution in [2.75, 3.05) is 19.0 Å². The number of esters is 1. The zero-order valence-electron chi connectivity index (χ0n) is 14.7. The molecule has 0 aliphatic heterocycles. The molecule has 0 fully saturated rings. The highest BCUT2D eigenvalue weighted by Crippen LogP contribution is 2.28. The van der Waals surface area contributed by atoms with Crippen molar-refractivity contribution in [3.63, 3.8) is 0 Å². The van der Waals surface area contributed by atoms with Crippen molar-refractivity contribution in [3.8, 4) is 11.5 Å². The highest BCUT2D eigenvalue weighted by Gasteiger charge is 2.20. The molecule has 0 saturated heterocycles. The van der Waals surface area contributed by atoms with E-state index in [0.717, 1.165) is 0 Å². The molecule has 0 saturated carbocycles. The van der Waals surface area contributed by atoms with Crippen molar-refractivity contribution in [2.45, 2.75) is 20.0 Å². The van der Waals surface area contributed by atoms with Gasteiger partial charge in [0.2, 0.25) is 0 Å². The molecular weight excluding hydrogens is 358 g/mol. The lowest BCUT2D eigenvalue weighted by Gasteiger charge is -2.15. The predicted octanol–water partition coefficient (Wildman–Crippen LogP) is 3.93. The lowest BCUT2D eigenvalue weighted by molar-refractivity contribution is -0.123. The molecule has 0 unspecified atom stereocenters. The molecule has 2 aromatic rings. The number of hydrogen-bond acceptors (Lipinski definition) is 5. The Morgan fingerprint density at radius 1 is 1.12 bits per heavy atom. The summed E-state index contributed by atoms with van der Waals surface area (Å²) in [6.07, 6.45) is -0.976. The molecule has 0 aromatic heterocycles. The fourth-order valence-electron chi connectivity index (χ4n) is 2.13. The van der Waals surface area contributed by atoms with Gasteiger partial charge in [-0.05, 0) is 56.3 Å². The van der Waals surface area contributed by atoms with Gasteiger partial charge in [-0.3, -0.25) is 4.79 Å². The van der Waals surface area contributed by atoms with Gasteiger partial charge in [0.25, 0.3) is 5.91 Å². The van der Waals surface area contributed by atoms with Crippen LogP contribution in [0.5, 0.6) is 11.5 Å². The molecule has 0 aliphatic rings. The zero-order valence-corrected chi connectivity index (χ0v) is 15.5. The van der Waals surface area contributed by atoms with E-state index in [4.69, 9.17) is 25.8 Å². The van der Waals surface area contributed by atoms with Crippen LogP contribution in [0.25, 0.3) is 0 Å². The summed E-state index contributed by atoms with van der Waals surface area (Å²) in [5, 5.41) is 3.22. The molecule has 2 aromatic carbocycles. The van der Waals surface area contributed by atoms with Crippen molar-refractivity contribution in [2.24, 2.45) is 0 Å². The van der Waals surface area contributed by atoms with Crippen molar-refractivity contribution in [3.05, 3.63) is 53.1 Å². The van der Waals surface area contributed by atoms with E-state index < -0.39 is 18.0 Å². The van der Waals surface area contributed by atoms with Gasteiger partial charge < -0.3 is 19.5 Å². The number of ether oxygens (including phenoxy) is 3. The van der Waals surface area contributed by atoms with Gasteiger partial charge in [0.15, 0.2) is 17.6 Å². The van der Waals surface area contributed by atoms with Gasteiger partial charge in [-0.2, -0.15) is 0 Å². The zero-order chi connectivity index (χ0) is 19.1. The number of nitrogens with one attached hydrogen (secondary N) is 1. The molecule has 138 valence electrons. The predicted molar refractivity (Wildman–Crippen MR) is 99.1 cm³/mol. The quantitative estimate of drug-likeness (QED) is 0.740. The van der Waals surface area contributed by atoms with Crippen LogP contribution < -0.4 is 14.8 Å². The van der Waals surface area contributed by atoms with Gasteiger partial charge >= 0.3 is 5.97 Å². The fraction of sp³-hybridized carbons (Fsp3) is 0.263. The van der Waals surface area contributed by atoms with Gasteiger partial charge in [0.1, 0.15) is 0 Å². The van der Waals surface area contributed by atoms with E-state index in [9.17, 15) is 9.59 Å². The molecule has 7 heteroatoms. The highest BCUT2D eigenvalue weighted by atomic mass is 35.5. The number of carbonyl (C=O) groups excluding carboxylic acids is 2. The summed E-state index contributed by atoms with van der Waals surface area (Å²) in [5.74, 6) is -0.136. The number of anilines is 1. The first-order valence-corrected chi connectivity index (χ1v) is 8.40. The van der Waals surface area contributed by atoms with E-state index in [1.807, 2.05) is 6.92 Å². The van der Waals surface area contributed by atoms with Gasteiger partial charge in [-0.15, -0.1) is 0 Å². The Morgan fingerprint density at radius 3 is 2.42 bits per heavy atom. The van der Waals surface area contributed by atoms with Crippen LogP contribution in [-0.4, -0.2) is 31.7 Å². The minimum absolute atomic E-state index is 0.261. The summed E-state index contributed by atoms with van der Waals surface area (Å²) in [4.78, 5) is 24.4. The summed E-state index contributed by atoms with van der Waals surface area (Å²) in [6.45, 7) is 3.82. The van der Waals surface area contributed by atoms with Crippen LogP contribution in [-0.2, 0) is 9.53 Å². The fourth-order valence-corrected chi connectivity index (χ4v) is 2.25. The lowest BCUT2D eigenvalue weighted by Crippen LogP contribution is -2.30. The second-order valence-electron chi connectivity index (χ2n) is 5.34. The van der Waals surface area contributed by atoms with E-state index in [1.54, 1.807) is 36.4 Å². The topological polar surface area (TPSA) is 73.9 Å². The van der Waals surface area contributed by atoms with Gasteiger partial charge in [0, 0.05) is 10.7 Å². The van der Waals surface area contributed by atoms with E-state index in [1.165, 1.54) is 20.1 Å². The average Bonchev–Trinajstić information content (AvgIpc) is 2.64. The maximum absolute atomic E-state index is 12.3. The molecule has 2 rings (SSSR count). The van der Waals surface area contributed by atoms with E-state index in [-0.39, 0.29) is 5.56 Å². The van der Waals surface area contributed by atoms with Crippen molar-refractivity contribution >= 4 is 29.2 Å². The Kier molecular flexibility index (Phi) is 6.86. The Morgan fingerprint density at radius 2 is 1.81 bits per heavy atom. The summed E-state index contributed by atoms with van der Waals surface area (Å²) in [5.41, 5.74) is 0.821. The molecule has 0 radical (unpaired) electrons. The van der Waals surface area contributed by atoms with E-state index in [2.05, 4.69) is 5.32 Å². The standard InChI is InChI=1S/C19H20ClNO5/c1-4-25-16-10-5-13(11-17(16)24-3)19(23)26-12(2)18(22)21-15-8-6-14(20)7-9-15/h5-12H,4H2,1-3H3,(H,21,22)/t12-/m0/s1. The molecule has 26 heavy (non-hydrogen) atoms. The van der Waals surface area contributed by atoms with Crippen LogP contribution in [0.3, 0.4) is 0 Å². The average molecular weight is 378 g/mol. The second-order valence-corrected chi connectivity index (χ2v) is 5.78. The molecule has 0 aliphatic carbocycles. The van der Waals surface area contributed by atoms with Crippen LogP contribution in [0.1, 0.15) is 24.2 Å². The van der Waals surface area contributed by atoms with Crippen LogP contribution in [0.4, 0.5) is 5.69 Å². The molecule has 6 nitrogen and oxygen atoms in total. The monoisotopic (exact) mass is 377 g/mol. The number of amides is 1. The van der Waals surface area contributed by atoms with Gasteiger partial charge in [0.05, 0.1) is 19.3 Å². The van der Waals surface area contributed by atoms with Crippen molar-refractivity contribution in [1.29, 1.82) is 0 Å². The number of hydrogen-bond donors (Lipinski definition) is 1. The Labute approximate surface area is 157 Å². The second kappa shape index (κ2) is 9.10. The molecule has 0 bridgehead atoms. The van der Waals surface area contributed by atoms with Gasteiger partial charge in [-0.25, -0.2) is 4.79 Å². The SMILES string of the molecule is CCOc1ccc(C(=O)O[C@@H](C)C(=O)Nc2ccc(Cl)cc2)cc1OC. The minimum atomic E-state index is -0.976. The Bertz CT molecular complexity index is 776. The first kappa shape index (κ1) is 19.6. The largest absolute Gasteiger partial charge is 0.493 e. The lowest BCUT2D eigenvalue weighted by atomic mass is 10.2. The summed E-state index contributed by atoms with van der Waals surface area (Å²) in [6, 6.07) is 11.3. The normalized spacial score (nSPS) is 11.4. The van der Waals surface area contributed by atoms with Crippen LogP contribution in [0.15, 0.2) is 42.5 Å². The maximum Gasteiger partial charge on any atom is 0.339 e. The van der Waals surface area contributed by atoms with E-state index in [0.29, 0.717) is 28.8 Å². The third-order valence-corrected chi connectivity index (χ3v) is 3.72. The Hall–Kier alpha value is -2.73. The van der Waals surface area contributed by atoms with Crippen LogP contribution in [0.2, 0.25) is 5.02 Å². The minimum Gasteiger partial charge on any atom is -0.493 e. The van der Waals surface area contributed by atoms with Crippen LogP contribution in [0, 0.1) is 0 Å². The molecule has 1 N–H and O–H groups in total. The summed E-state index contributed by atoms with van der Waals surface area (Å²) >= 11 is 5.80. The summed E-state index contributed by atoms with van der Waals surface area (Å²) < 4.78 is 15.8. The molecule has 0 spiro atoms. The summed E-state index contributed by atoms with van der Waals surface area (Å²) in [7, 11) is 1.48.